The Morgan fingerprint density at radius 1 is 1.29 bits per heavy atom. The van der Waals surface area contributed by atoms with Gasteiger partial charge in [0.15, 0.2) is 0 Å². The molecular weight excluding hydrogens is 288 g/mol. The highest BCUT2D eigenvalue weighted by Gasteiger charge is 2.30. The van der Waals surface area contributed by atoms with Crippen LogP contribution in [0.1, 0.15) is 20.3 Å². The number of thiazole rings is 1. The number of aromatic nitrogens is 1. The first-order valence-corrected chi connectivity index (χ1v) is 7.29. The van der Waals surface area contributed by atoms with Crippen molar-refractivity contribution in [2.75, 3.05) is 5.32 Å². The number of hydrogen-bond acceptors (Lipinski definition) is 4. The summed E-state index contributed by atoms with van der Waals surface area (Å²) in [6.07, 6.45) is 1.67. The zero-order chi connectivity index (χ0) is 15.5. The van der Waals surface area contributed by atoms with Gasteiger partial charge in [-0.2, -0.15) is 0 Å². The van der Waals surface area contributed by atoms with Crippen molar-refractivity contribution in [2.24, 2.45) is 5.41 Å². The molecule has 0 spiro atoms. The highest BCUT2D eigenvalue weighted by atomic mass is 32.1. The molecule has 1 aromatic heterocycles. The molecule has 0 saturated carbocycles. The van der Waals surface area contributed by atoms with Crippen LogP contribution in [0.5, 0.6) is 0 Å². The second-order valence-corrected chi connectivity index (χ2v) is 6.22. The van der Waals surface area contributed by atoms with Crippen LogP contribution >= 0.6 is 11.3 Å². The van der Waals surface area contributed by atoms with Gasteiger partial charge in [-0.3, -0.25) is 9.59 Å². The predicted octanol–water partition coefficient (Wildman–Crippen LogP) is 3.25. The van der Waals surface area contributed by atoms with E-state index in [0.29, 0.717) is 5.69 Å². The van der Waals surface area contributed by atoms with E-state index in [0.717, 1.165) is 10.6 Å². The number of rotatable bonds is 5. The van der Waals surface area contributed by atoms with Crippen LogP contribution in [0.4, 0.5) is 5.69 Å². The standard InChI is InChI=1S/C15H16N2O3S/c1-15(2,14(19)20)9-12(18)17-11-5-3-10(4-6-11)13-16-7-8-21-13/h3-8H,9H2,1-2H3,(H,17,18)(H,19,20). The molecule has 0 atom stereocenters. The lowest BCUT2D eigenvalue weighted by Gasteiger charge is -2.18. The van der Waals surface area contributed by atoms with Crippen LogP contribution < -0.4 is 5.32 Å². The highest BCUT2D eigenvalue weighted by molar-refractivity contribution is 7.13. The molecule has 0 bridgehead atoms. The summed E-state index contributed by atoms with van der Waals surface area (Å²) in [5, 5.41) is 14.5. The van der Waals surface area contributed by atoms with Crippen molar-refractivity contribution in [3.8, 4) is 10.6 Å². The Balaban J connectivity index is 2.01. The van der Waals surface area contributed by atoms with E-state index in [4.69, 9.17) is 5.11 Å². The number of anilines is 1. The van der Waals surface area contributed by atoms with Gasteiger partial charge in [0.05, 0.1) is 5.41 Å². The van der Waals surface area contributed by atoms with Crippen LogP contribution in [0.25, 0.3) is 10.6 Å². The molecular formula is C15H16N2O3S. The van der Waals surface area contributed by atoms with E-state index in [2.05, 4.69) is 10.3 Å². The lowest BCUT2D eigenvalue weighted by molar-refractivity contribution is -0.148. The minimum absolute atomic E-state index is 0.0729. The quantitative estimate of drug-likeness (QED) is 0.888. The maximum Gasteiger partial charge on any atom is 0.309 e. The summed E-state index contributed by atoms with van der Waals surface area (Å²) >= 11 is 1.54. The zero-order valence-corrected chi connectivity index (χ0v) is 12.6. The normalized spacial score (nSPS) is 11.1. The van der Waals surface area contributed by atoms with Gasteiger partial charge in [0.1, 0.15) is 5.01 Å². The van der Waals surface area contributed by atoms with Crippen LogP contribution in [-0.2, 0) is 9.59 Å². The van der Waals surface area contributed by atoms with Crippen molar-refractivity contribution in [3.63, 3.8) is 0 Å². The van der Waals surface area contributed by atoms with Gasteiger partial charge in [0, 0.05) is 29.2 Å². The second-order valence-electron chi connectivity index (χ2n) is 5.33. The van der Waals surface area contributed by atoms with Gasteiger partial charge in [-0.25, -0.2) is 4.98 Å². The van der Waals surface area contributed by atoms with Crippen molar-refractivity contribution in [1.82, 2.24) is 4.98 Å². The SMILES string of the molecule is CC(C)(CC(=O)Nc1ccc(-c2nccs2)cc1)C(=O)O. The summed E-state index contributed by atoms with van der Waals surface area (Å²) in [5.41, 5.74) is 0.542. The molecule has 1 aromatic carbocycles. The van der Waals surface area contributed by atoms with Gasteiger partial charge in [-0.15, -0.1) is 11.3 Å². The molecule has 0 unspecified atom stereocenters. The van der Waals surface area contributed by atoms with Gasteiger partial charge >= 0.3 is 5.97 Å². The van der Waals surface area contributed by atoms with E-state index in [1.807, 2.05) is 17.5 Å². The number of nitrogens with zero attached hydrogens (tertiary/aromatic N) is 1. The van der Waals surface area contributed by atoms with Gasteiger partial charge in [-0.1, -0.05) is 0 Å². The number of amides is 1. The molecule has 21 heavy (non-hydrogen) atoms. The molecule has 5 nitrogen and oxygen atoms in total. The molecule has 0 aliphatic carbocycles. The van der Waals surface area contributed by atoms with Crippen molar-refractivity contribution in [3.05, 3.63) is 35.8 Å². The maximum absolute atomic E-state index is 11.9. The smallest absolute Gasteiger partial charge is 0.309 e. The van der Waals surface area contributed by atoms with E-state index in [1.165, 1.54) is 13.8 Å². The molecule has 0 aliphatic heterocycles. The number of carbonyl (C=O) groups excluding carboxylic acids is 1. The van der Waals surface area contributed by atoms with E-state index in [-0.39, 0.29) is 12.3 Å². The second kappa shape index (κ2) is 6.05. The monoisotopic (exact) mass is 304 g/mol. The summed E-state index contributed by atoms with van der Waals surface area (Å²) in [6.45, 7) is 3.06. The Kier molecular flexibility index (Phi) is 4.37. The van der Waals surface area contributed by atoms with E-state index >= 15 is 0 Å². The third-order valence-electron chi connectivity index (χ3n) is 3.03. The number of benzene rings is 1. The minimum atomic E-state index is -1.08. The fourth-order valence-corrected chi connectivity index (χ4v) is 2.39. The van der Waals surface area contributed by atoms with Crippen LogP contribution in [0.2, 0.25) is 0 Å². The Morgan fingerprint density at radius 3 is 2.48 bits per heavy atom. The molecule has 6 heteroatoms. The topological polar surface area (TPSA) is 79.3 Å². The van der Waals surface area contributed by atoms with Crippen molar-refractivity contribution in [2.45, 2.75) is 20.3 Å². The molecule has 0 fully saturated rings. The van der Waals surface area contributed by atoms with Crippen LogP contribution in [-0.4, -0.2) is 22.0 Å². The predicted molar refractivity (Wildman–Crippen MR) is 82.2 cm³/mol. The number of aliphatic carboxylic acids is 1. The molecule has 1 amide bonds. The summed E-state index contributed by atoms with van der Waals surface area (Å²) in [4.78, 5) is 27.1. The number of carboxylic acid groups (broad SMARTS) is 1. The van der Waals surface area contributed by atoms with Crippen LogP contribution in [0, 0.1) is 5.41 Å². The highest BCUT2D eigenvalue weighted by Crippen LogP contribution is 2.24. The fourth-order valence-electron chi connectivity index (χ4n) is 1.74. The maximum atomic E-state index is 11.9. The van der Waals surface area contributed by atoms with Crippen molar-refractivity contribution >= 4 is 28.9 Å². The van der Waals surface area contributed by atoms with Crippen LogP contribution in [0.15, 0.2) is 35.8 Å². The number of hydrogen-bond donors (Lipinski definition) is 2. The molecule has 2 rings (SSSR count). The molecule has 0 radical (unpaired) electrons. The van der Waals surface area contributed by atoms with Crippen molar-refractivity contribution in [1.29, 1.82) is 0 Å². The van der Waals surface area contributed by atoms with E-state index < -0.39 is 11.4 Å². The third kappa shape index (κ3) is 3.88. The molecule has 2 N–H and O–H groups in total. The minimum Gasteiger partial charge on any atom is -0.481 e. The first-order valence-electron chi connectivity index (χ1n) is 6.42. The lowest BCUT2D eigenvalue weighted by atomic mass is 9.89. The molecule has 0 aliphatic rings. The van der Waals surface area contributed by atoms with Gasteiger partial charge in [-0.05, 0) is 38.1 Å². The average Bonchev–Trinajstić information content (AvgIpc) is 2.92. The Hall–Kier alpha value is -2.21. The lowest BCUT2D eigenvalue weighted by Crippen LogP contribution is -2.29. The van der Waals surface area contributed by atoms with Crippen LogP contribution in [0.3, 0.4) is 0 Å². The summed E-state index contributed by atoms with van der Waals surface area (Å²) in [6, 6.07) is 7.30. The summed E-state index contributed by atoms with van der Waals surface area (Å²) in [5.74, 6) is -1.30. The molecule has 2 aromatic rings. The number of nitrogens with one attached hydrogen (secondary N) is 1. The Labute approximate surface area is 126 Å². The molecule has 110 valence electrons. The van der Waals surface area contributed by atoms with Gasteiger partial charge < -0.3 is 10.4 Å². The average molecular weight is 304 g/mol. The summed E-state index contributed by atoms with van der Waals surface area (Å²) in [7, 11) is 0. The zero-order valence-electron chi connectivity index (χ0n) is 11.8. The van der Waals surface area contributed by atoms with Gasteiger partial charge in [0.2, 0.25) is 5.91 Å². The number of carbonyl (C=O) groups is 2. The first kappa shape index (κ1) is 15.2. The van der Waals surface area contributed by atoms with Gasteiger partial charge in [0.25, 0.3) is 0 Å². The third-order valence-corrected chi connectivity index (χ3v) is 3.85. The summed E-state index contributed by atoms with van der Waals surface area (Å²) < 4.78 is 0. The van der Waals surface area contributed by atoms with E-state index in [1.54, 1.807) is 29.7 Å². The van der Waals surface area contributed by atoms with E-state index in [9.17, 15) is 9.59 Å². The largest absolute Gasteiger partial charge is 0.481 e. The van der Waals surface area contributed by atoms with Crippen molar-refractivity contribution < 1.29 is 14.7 Å². The number of carboxylic acids is 1. The molecule has 1 heterocycles. The molecule has 0 saturated heterocycles. The fraction of sp³-hybridized carbons (Fsp3) is 0.267. The first-order chi connectivity index (χ1) is 9.88. The Bertz CT molecular complexity index is 633. The Morgan fingerprint density at radius 2 is 1.95 bits per heavy atom.